The molecule has 79 heavy (non-hydrogen) atoms. The summed E-state index contributed by atoms with van der Waals surface area (Å²) in [6.45, 7) is 2.36. The van der Waals surface area contributed by atoms with E-state index in [4.69, 9.17) is 11.5 Å². The summed E-state index contributed by atoms with van der Waals surface area (Å²) in [4.78, 5) is 125. The highest BCUT2D eigenvalue weighted by Gasteiger charge is 2.34. The number of para-hydroxylation sites is 2. The Morgan fingerprint density at radius 2 is 0.899 bits per heavy atom. The fourth-order valence-electron chi connectivity index (χ4n) is 9.25. The average molecular weight is 1080 g/mol. The molecule has 1 aliphatic heterocycles. The van der Waals surface area contributed by atoms with Crippen molar-refractivity contribution in [3.63, 3.8) is 0 Å². The van der Waals surface area contributed by atoms with E-state index in [2.05, 4.69) is 57.5 Å². The zero-order chi connectivity index (χ0) is 56.6. The maximum absolute atomic E-state index is 14.8. The Bertz CT molecular complexity index is 3170. The molecule has 1 saturated heterocycles. The minimum atomic E-state index is -1.41. The van der Waals surface area contributed by atoms with Crippen molar-refractivity contribution in [2.75, 3.05) is 19.6 Å². The van der Waals surface area contributed by atoms with Crippen LogP contribution in [0.3, 0.4) is 0 Å². The number of carbonyl (C=O) groups excluding carboxylic acids is 8. The Labute approximate surface area is 454 Å². The van der Waals surface area contributed by atoms with Gasteiger partial charge in [-0.15, -0.1) is 0 Å². The van der Waals surface area contributed by atoms with Gasteiger partial charge in [0.25, 0.3) is 0 Å². The predicted molar refractivity (Wildman–Crippen MR) is 295 cm³/mol. The highest BCUT2D eigenvalue weighted by molar-refractivity contribution is 5.99. The van der Waals surface area contributed by atoms with Crippen LogP contribution in [-0.2, 0) is 64.0 Å². The standard InChI is InChI=1S/C56H67N13O10/c1-31(2)22-43-53(77)66-42(12-7-21-59-56(57)58)52(76)68-46(25-34-27-60-40-10-5-3-8-38(34)40)51(75)63-30-49(73)65-45(24-33-15-19-37(71)20-16-33)54(78)69-47(26-35-28-61-41-11-6-4-9-39(35)41)55(79)67-44(50(74)62-29-48(72)64-43)23-32-13-17-36(70)18-14-32/h3-6,8-11,13-20,27-28,31,42-47,60-61,70-71H,7,12,21-26,29-30H2,1-2H3,(H,62,74)(H,63,75)(H,64,72)(H,65,73)(H,66,77)(H,67,79)(H,68,76)(H,69,78)(H4,57,58,59). The summed E-state index contributed by atoms with van der Waals surface area (Å²) in [5, 5.41) is 43.2. The second-order valence-corrected chi connectivity index (χ2v) is 19.9. The van der Waals surface area contributed by atoms with Gasteiger partial charge in [0.05, 0.1) is 13.1 Å². The number of benzene rings is 4. The number of aromatic nitrogens is 2. The lowest BCUT2D eigenvalue weighted by Crippen LogP contribution is -2.60. The first-order valence-electron chi connectivity index (χ1n) is 26.0. The number of carbonyl (C=O) groups is 8. The number of nitrogens with zero attached hydrogens (tertiary/aromatic N) is 1. The number of aromatic hydroxyl groups is 2. The molecule has 8 amide bonds. The molecule has 7 rings (SSSR count). The molecular weight excluding hydrogens is 1010 g/mol. The lowest BCUT2D eigenvalue weighted by atomic mass is 10.0. The van der Waals surface area contributed by atoms with Gasteiger partial charge in [0.1, 0.15) is 47.8 Å². The molecule has 0 bridgehead atoms. The van der Waals surface area contributed by atoms with E-state index in [1.807, 2.05) is 56.3 Å². The zero-order valence-electron chi connectivity index (χ0n) is 43.8. The number of nitrogens with one attached hydrogen (secondary N) is 10. The second kappa shape index (κ2) is 27.1. The molecular formula is C56H67N13O10. The summed E-state index contributed by atoms with van der Waals surface area (Å²) < 4.78 is 0. The van der Waals surface area contributed by atoms with Gasteiger partial charge in [0.2, 0.25) is 47.3 Å². The Hall–Kier alpha value is -9.41. The van der Waals surface area contributed by atoms with Crippen molar-refractivity contribution >= 4 is 75.0 Å². The Morgan fingerprint density at radius 3 is 1.37 bits per heavy atom. The quantitative estimate of drug-likeness (QED) is 0.0405. The van der Waals surface area contributed by atoms with E-state index in [0.717, 1.165) is 21.8 Å². The lowest BCUT2D eigenvalue weighted by Gasteiger charge is -2.27. The van der Waals surface area contributed by atoms with E-state index in [1.54, 1.807) is 42.7 Å². The predicted octanol–water partition coefficient (Wildman–Crippen LogP) is 0.586. The average Bonchev–Trinajstić information content (AvgIpc) is 4.10. The van der Waals surface area contributed by atoms with Crippen molar-refractivity contribution in [2.45, 2.75) is 95.0 Å². The van der Waals surface area contributed by atoms with Gasteiger partial charge in [-0.25, -0.2) is 0 Å². The van der Waals surface area contributed by atoms with E-state index >= 15 is 0 Å². The van der Waals surface area contributed by atoms with E-state index in [9.17, 15) is 48.6 Å². The molecule has 2 aromatic heterocycles. The lowest BCUT2D eigenvalue weighted by molar-refractivity contribution is -0.135. The van der Waals surface area contributed by atoms with Crippen LogP contribution in [0.5, 0.6) is 11.5 Å². The topological polar surface area (TPSA) is 369 Å². The number of aliphatic imine (C=N–C) groups is 1. The number of nitrogens with two attached hydrogens (primary N) is 2. The van der Waals surface area contributed by atoms with Crippen molar-refractivity contribution in [3.8, 4) is 11.5 Å². The van der Waals surface area contributed by atoms with Crippen LogP contribution in [0, 0.1) is 5.92 Å². The third-order valence-electron chi connectivity index (χ3n) is 13.3. The van der Waals surface area contributed by atoms with Crippen molar-refractivity contribution < 1.29 is 48.6 Å². The maximum Gasteiger partial charge on any atom is 0.243 e. The van der Waals surface area contributed by atoms with Crippen LogP contribution in [0.25, 0.3) is 21.8 Å². The first-order valence-corrected chi connectivity index (χ1v) is 26.0. The fourth-order valence-corrected chi connectivity index (χ4v) is 9.25. The Balaban J connectivity index is 1.25. The molecule has 0 aliphatic carbocycles. The number of hydrogen-bond donors (Lipinski definition) is 14. The van der Waals surface area contributed by atoms with Gasteiger partial charge < -0.3 is 74.2 Å². The van der Waals surface area contributed by atoms with Crippen molar-refractivity contribution in [1.29, 1.82) is 0 Å². The summed E-state index contributed by atoms with van der Waals surface area (Å²) in [7, 11) is 0. The maximum atomic E-state index is 14.8. The molecule has 4 aromatic carbocycles. The van der Waals surface area contributed by atoms with E-state index in [1.165, 1.54) is 24.3 Å². The van der Waals surface area contributed by atoms with Gasteiger partial charge >= 0.3 is 0 Å². The molecule has 0 spiro atoms. The van der Waals surface area contributed by atoms with Crippen LogP contribution in [0.2, 0.25) is 0 Å². The van der Waals surface area contributed by atoms with Crippen LogP contribution in [0.15, 0.2) is 114 Å². The first-order chi connectivity index (χ1) is 37.9. The largest absolute Gasteiger partial charge is 0.508 e. The van der Waals surface area contributed by atoms with Gasteiger partial charge in [-0.2, -0.15) is 0 Å². The van der Waals surface area contributed by atoms with Gasteiger partial charge in [-0.1, -0.05) is 74.5 Å². The van der Waals surface area contributed by atoms with E-state index in [0.29, 0.717) is 22.3 Å². The molecule has 23 heteroatoms. The number of phenolic OH excluding ortho intramolecular Hbond substituents is 2. The molecule has 3 heterocycles. The molecule has 23 nitrogen and oxygen atoms in total. The van der Waals surface area contributed by atoms with Crippen LogP contribution in [-0.4, -0.2) is 129 Å². The molecule has 6 unspecified atom stereocenters. The molecule has 1 fully saturated rings. The Kier molecular flexibility index (Phi) is 19.6. The Morgan fingerprint density at radius 1 is 0.506 bits per heavy atom. The van der Waals surface area contributed by atoms with Crippen molar-refractivity contribution in [2.24, 2.45) is 22.4 Å². The fraction of sp³-hybridized carbons (Fsp3) is 0.339. The minimum absolute atomic E-state index is 0.0299. The number of hydrogen-bond acceptors (Lipinski definition) is 11. The monoisotopic (exact) mass is 1080 g/mol. The van der Waals surface area contributed by atoms with Crippen LogP contribution in [0.4, 0.5) is 0 Å². The summed E-state index contributed by atoms with van der Waals surface area (Å²) in [5.74, 6) is -6.86. The summed E-state index contributed by atoms with van der Waals surface area (Å²) >= 11 is 0. The summed E-state index contributed by atoms with van der Waals surface area (Å²) in [6.07, 6.45) is 3.12. The van der Waals surface area contributed by atoms with Gasteiger partial charge in [-0.3, -0.25) is 43.3 Å². The van der Waals surface area contributed by atoms with E-state index < -0.39 is 96.6 Å². The van der Waals surface area contributed by atoms with Gasteiger partial charge in [-0.05, 0) is 83.8 Å². The van der Waals surface area contributed by atoms with E-state index in [-0.39, 0.29) is 74.9 Å². The van der Waals surface area contributed by atoms with Gasteiger partial charge in [0, 0.05) is 66.4 Å². The number of rotatable bonds is 14. The summed E-state index contributed by atoms with van der Waals surface area (Å²) in [5.41, 5.74) is 14.9. The van der Waals surface area contributed by atoms with Crippen molar-refractivity contribution in [3.05, 3.63) is 132 Å². The molecule has 416 valence electrons. The molecule has 6 atom stereocenters. The third kappa shape index (κ3) is 16.5. The number of amides is 8. The molecule has 0 radical (unpaired) electrons. The first kappa shape index (κ1) is 57.3. The molecule has 16 N–H and O–H groups in total. The number of H-pyrrole nitrogens is 2. The SMILES string of the molecule is CC(C)CC1NC(=O)CNC(=O)C(Cc2ccc(O)cc2)NC(=O)C(Cc2c[nH]c3ccccc23)NC(=O)C(Cc2ccc(O)cc2)NC(=O)CNC(=O)C(Cc2c[nH]c3ccccc23)NC(=O)C(CCCN=C(N)N)NC1=O. The number of fused-ring (bicyclic) bond motifs is 2. The van der Waals surface area contributed by atoms with Crippen LogP contribution >= 0.6 is 0 Å². The minimum Gasteiger partial charge on any atom is -0.508 e. The zero-order valence-corrected chi connectivity index (χ0v) is 43.8. The third-order valence-corrected chi connectivity index (χ3v) is 13.3. The smallest absolute Gasteiger partial charge is 0.243 e. The highest BCUT2D eigenvalue weighted by Crippen LogP contribution is 2.22. The normalized spacial score (nSPS) is 20.6. The number of aromatic amines is 2. The van der Waals surface area contributed by atoms with Crippen LogP contribution < -0.4 is 54.0 Å². The number of phenols is 2. The molecule has 6 aromatic rings. The number of guanidine groups is 1. The van der Waals surface area contributed by atoms with Gasteiger partial charge in [0.15, 0.2) is 5.96 Å². The molecule has 0 saturated carbocycles. The highest BCUT2D eigenvalue weighted by atomic mass is 16.3. The van der Waals surface area contributed by atoms with Crippen molar-refractivity contribution in [1.82, 2.24) is 52.5 Å². The second-order valence-electron chi connectivity index (χ2n) is 19.9. The summed E-state index contributed by atoms with van der Waals surface area (Å²) in [6, 6.07) is 18.3. The van der Waals surface area contributed by atoms with Crippen LogP contribution in [0.1, 0.15) is 55.4 Å². The molecule has 1 aliphatic rings.